The highest BCUT2D eigenvalue weighted by atomic mass is 79.9. The zero-order chi connectivity index (χ0) is 20.2. The van der Waals surface area contributed by atoms with E-state index in [1.54, 1.807) is 6.21 Å². The molecule has 5 nitrogen and oxygen atoms in total. The molecule has 0 radical (unpaired) electrons. The molecule has 1 unspecified atom stereocenters. The fraction of sp³-hybridized carbons (Fsp3) is 0.304. The van der Waals surface area contributed by atoms with Crippen molar-refractivity contribution in [1.29, 1.82) is 0 Å². The van der Waals surface area contributed by atoms with Crippen molar-refractivity contribution in [3.05, 3.63) is 63.3 Å². The van der Waals surface area contributed by atoms with Crippen LogP contribution < -0.4 is 14.4 Å². The fourth-order valence-corrected chi connectivity index (χ4v) is 5.30. The van der Waals surface area contributed by atoms with Crippen LogP contribution in [0, 0.1) is 0 Å². The molecule has 2 aromatic rings. The lowest BCUT2D eigenvalue weighted by molar-refractivity contribution is -0.122. The van der Waals surface area contributed by atoms with Gasteiger partial charge in [0.15, 0.2) is 0 Å². The minimum absolute atomic E-state index is 0.0302. The van der Waals surface area contributed by atoms with Crippen LogP contribution in [-0.4, -0.2) is 31.9 Å². The van der Waals surface area contributed by atoms with E-state index < -0.39 is 5.41 Å². The second kappa shape index (κ2) is 6.73. The third kappa shape index (κ3) is 2.51. The topological polar surface area (TPSA) is 51.1 Å². The predicted molar refractivity (Wildman–Crippen MR) is 116 cm³/mol. The van der Waals surface area contributed by atoms with Crippen molar-refractivity contribution in [3.8, 4) is 11.5 Å². The van der Waals surface area contributed by atoms with Crippen molar-refractivity contribution in [2.24, 2.45) is 4.99 Å². The fourth-order valence-electron chi connectivity index (χ4n) is 4.61. The second-order valence-electron chi connectivity index (χ2n) is 7.44. The van der Waals surface area contributed by atoms with Gasteiger partial charge in [0.1, 0.15) is 23.5 Å². The van der Waals surface area contributed by atoms with E-state index in [1.807, 2.05) is 49.1 Å². The maximum absolute atomic E-state index is 14.0. The lowest BCUT2D eigenvalue weighted by atomic mass is 9.76. The van der Waals surface area contributed by atoms with Gasteiger partial charge in [-0.25, -0.2) is 0 Å². The molecule has 0 aliphatic carbocycles. The molecular weight excluding hydrogens is 432 g/mol. The molecule has 29 heavy (non-hydrogen) atoms. The van der Waals surface area contributed by atoms with Crippen molar-refractivity contribution in [1.82, 2.24) is 0 Å². The molecule has 1 amide bonds. The van der Waals surface area contributed by atoms with Crippen LogP contribution in [0.5, 0.6) is 11.5 Å². The van der Waals surface area contributed by atoms with E-state index in [1.165, 1.54) is 0 Å². The number of rotatable bonds is 3. The quantitative estimate of drug-likeness (QED) is 0.648. The number of ether oxygens (including phenoxy) is 2. The van der Waals surface area contributed by atoms with Gasteiger partial charge in [-0.15, -0.1) is 0 Å². The number of carbonyl (C=O) groups excluding carboxylic acids is 1. The average Bonchev–Trinajstić information content (AvgIpc) is 3.39. The number of anilines is 1. The Labute approximate surface area is 178 Å². The summed E-state index contributed by atoms with van der Waals surface area (Å²) in [6.07, 6.45) is 4.55. The Morgan fingerprint density at radius 1 is 1.28 bits per heavy atom. The number of carbonyl (C=O) groups is 1. The first-order chi connectivity index (χ1) is 14.1. The van der Waals surface area contributed by atoms with Crippen molar-refractivity contribution < 1.29 is 14.3 Å². The molecule has 3 aliphatic rings. The molecule has 1 spiro atoms. The molecule has 0 bridgehead atoms. The molecule has 3 aliphatic heterocycles. The number of benzene rings is 2. The zero-order valence-corrected chi connectivity index (χ0v) is 18.0. The lowest BCUT2D eigenvalue weighted by Crippen LogP contribution is -2.43. The number of halogens is 1. The molecule has 0 saturated carbocycles. The molecule has 148 valence electrons. The van der Waals surface area contributed by atoms with E-state index in [9.17, 15) is 4.79 Å². The molecule has 0 fully saturated rings. The highest BCUT2D eigenvalue weighted by Crippen LogP contribution is 2.55. The van der Waals surface area contributed by atoms with Gasteiger partial charge < -0.3 is 14.4 Å². The van der Waals surface area contributed by atoms with Crippen LogP contribution in [0.25, 0.3) is 0 Å². The first-order valence-corrected chi connectivity index (χ1v) is 10.6. The Hall–Kier alpha value is -2.60. The van der Waals surface area contributed by atoms with Gasteiger partial charge in [0.2, 0.25) is 5.91 Å². The van der Waals surface area contributed by atoms with Gasteiger partial charge in [0, 0.05) is 34.3 Å². The minimum atomic E-state index is -0.850. The summed E-state index contributed by atoms with van der Waals surface area (Å²) in [6, 6.07) is 10.0. The summed E-state index contributed by atoms with van der Waals surface area (Å²) < 4.78 is 12.7. The number of aliphatic imine (C=N–C) groups is 1. The Morgan fingerprint density at radius 2 is 2.14 bits per heavy atom. The number of allylic oxidation sites excluding steroid dienone is 1. The van der Waals surface area contributed by atoms with Gasteiger partial charge in [-0.05, 0) is 37.6 Å². The van der Waals surface area contributed by atoms with Gasteiger partial charge in [0.05, 0.1) is 24.5 Å². The second-order valence-corrected chi connectivity index (χ2v) is 8.30. The molecule has 6 heteroatoms. The normalized spacial score (nSPS) is 22.1. The van der Waals surface area contributed by atoms with E-state index in [2.05, 4.69) is 27.0 Å². The van der Waals surface area contributed by atoms with Crippen LogP contribution in [0.3, 0.4) is 0 Å². The Kier molecular flexibility index (Phi) is 4.28. The van der Waals surface area contributed by atoms with E-state index in [4.69, 9.17) is 9.47 Å². The van der Waals surface area contributed by atoms with Crippen molar-refractivity contribution in [3.63, 3.8) is 0 Å². The summed E-state index contributed by atoms with van der Waals surface area (Å²) >= 11 is 3.71. The summed E-state index contributed by atoms with van der Waals surface area (Å²) in [5.74, 6) is 1.63. The SMILES string of the molecule is CC=N/C(=C\C)CN1C(=O)C2(COc3cc4c(cc32)CCO4)c2c(Br)cccc21. The third-order valence-electron chi connectivity index (χ3n) is 5.96. The highest BCUT2D eigenvalue weighted by molar-refractivity contribution is 9.10. The highest BCUT2D eigenvalue weighted by Gasteiger charge is 2.58. The van der Waals surface area contributed by atoms with Crippen LogP contribution in [0.1, 0.15) is 30.5 Å². The Morgan fingerprint density at radius 3 is 2.93 bits per heavy atom. The Bertz CT molecular complexity index is 1090. The van der Waals surface area contributed by atoms with Crippen LogP contribution in [0.4, 0.5) is 5.69 Å². The summed E-state index contributed by atoms with van der Waals surface area (Å²) in [5, 5.41) is 0. The van der Waals surface area contributed by atoms with Gasteiger partial charge in [-0.1, -0.05) is 28.1 Å². The maximum atomic E-state index is 14.0. The van der Waals surface area contributed by atoms with E-state index >= 15 is 0 Å². The number of fused-ring (bicyclic) bond motifs is 5. The van der Waals surface area contributed by atoms with Gasteiger partial charge in [-0.2, -0.15) is 0 Å². The average molecular weight is 453 g/mol. The monoisotopic (exact) mass is 452 g/mol. The maximum Gasteiger partial charge on any atom is 0.246 e. The van der Waals surface area contributed by atoms with E-state index in [0.717, 1.165) is 50.5 Å². The molecular formula is C23H21BrN2O3. The van der Waals surface area contributed by atoms with Gasteiger partial charge >= 0.3 is 0 Å². The molecule has 3 heterocycles. The first kappa shape index (κ1) is 18.4. The van der Waals surface area contributed by atoms with Crippen molar-refractivity contribution in [2.75, 3.05) is 24.7 Å². The van der Waals surface area contributed by atoms with Gasteiger partial charge in [0.25, 0.3) is 0 Å². The summed E-state index contributed by atoms with van der Waals surface area (Å²) in [6.45, 7) is 5.21. The molecule has 0 aromatic heterocycles. The largest absolute Gasteiger partial charge is 0.493 e. The number of amides is 1. The number of hydrogen-bond acceptors (Lipinski definition) is 4. The molecule has 0 N–H and O–H groups in total. The van der Waals surface area contributed by atoms with Gasteiger partial charge in [-0.3, -0.25) is 9.79 Å². The van der Waals surface area contributed by atoms with Crippen LogP contribution in [-0.2, 0) is 16.6 Å². The number of hydrogen-bond donors (Lipinski definition) is 0. The number of nitrogens with zero attached hydrogens (tertiary/aromatic N) is 2. The zero-order valence-electron chi connectivity index (χ0n) is 16.4. The van der Waals surface area contributed by atoms with Crippen molar-refractivity contribution >= 4 is 33.7 Å². The third-order valence-corrected chi connectivity index (χ3v) is 6.62. The van der Waals surface area contributed by atoms with Crippen LogP contribution in [0.15, 0.2) is 51.6 Å². The molecule has 0 saturated heterocycles. The standard InChI is InChI=1S/C23H21BrN2O3/c1-3-15(25-4-2)12-26-18-7-5-6-17(24)21(18)23(22(26)27)13-29-20-11-19-14(8-9-28-19)10-16(20)23/h3-7,10-11H,8-9,12-13H2,1-2H3/b15-3-,25-4?. The lowest BCUT2D eigenvalue weighted by Gasteiger charge is -2.23. The Balaban J connectivity index is 1.70. The van der Waals surface area contributed by atoms with E-state index in [0.29, 0.717) is 19.8 Å². The summed E-state index contributed by atoms with van der Waals surface area (Å²) in [4.78, 5) is 20.2. The first-order valence-electron chi connectivity index (χ1n) is 9.78. The van der Waals surface area contributed by atoms with E-state index in [-0.39, 0.29) is 5.91 Å². The molecule has 1 atom stereocenters. The van der Waals surface area contributed by atoms with Crippen LogP contribution in [0.2, 0.25) is 0 Å². The smallest absolute Gasteiger partial charge is 0.246 e. The summed E-state index contributed by atoms with van der Waals surface area (Å²) in [5.41, 5.74) is 3.95. The molecule has 5 rings (SSSR count). The summed E-state index contributed by atoms with van der Waals surface area (Å²) in [7, 11) is 0. The minimum Gasteiger partial charge on any atom is -0.493 e. The molecule has 2 aromatic carbocycles. The van der Waals surface area contributed by atoms with Crippen molar-refractivity contribution in [2.45, 2.75) is 25.7 Å². The van der Waals surface area contributed by atoms with Crippen LogP contribution >= 0.6 is 15.9 Å². The predicted octanol–water partition coefficient (Wildman–Crippen LogP) is 4.40.